The van der Waals surface area contributed by atoms with Crippen LogP contribution in [-0.2, 0) is 14.3 Å². The molecule has 2 aromatic heterocycles. The molecule has 0 saturated carbocycles. The number of unbranched alkanes of at least 4 members (excludes halogenated alkanes) is 2. The topological polar surface area (TPSA) is 72.0 Å². The van der Waals surface area contributed by atoms with Crippen LogP contribution in [0.3, 0.4) is 0 Å². The normalized spacial score (nSPS) is 11.2. The predicted molar refractivity (Wildman–Crippen MR) is 186 cm³/mol. The molecule has 0 amide bonds. The SMILES string of the molecule is C=C/C=C\c1c(-c2csc(/C(=C/C(=C\CC)C(C)=O)C(C)=O)n2)c[nH]c1C.CC.CCC.CCCCCOCC(C)C. The van der Waals surface area contributed by atoms with Gasteiger partial charge >= 0.3 is 0 Å². The van der Waals surface area contributed by atoms with Crippen molar-refractivity contribution < 1.29 is 14.3 Å². The summed E-state index contributed by atoms with van der Waals surface area (Å²) in [7, 11) is 0. The number of hydrogen-bond donors (Lipinski definition) is 1. The number of nitrogens with zero attached hydrogens (tertiary/aromatic N) is 1. The Bertz CT molecular complexity index is 1120. The Kier molecular flexibility index (Phi) is 25.4. The number of nitrogens with one attached hydrogen (secondary N) is 1. The lowest BCUT2D eigenvalue weighted by molar-refractivity contribution is -0.113. The van der Waals surface area contributed by atoms with E-state index in [9.17, 15) is 9.59 Å². The van der Waals surface area contributed by atoms with Crippen molar-refractivity contribution in [3.8, 4) is 11.3 Å². The zero-order valence-corrected chi connectivity index (χ0v) is 29.2. The predicted octanol–water partition coefficient (Wildman–Crippen LogP) is 10.8. The number of rotatable bonds is 14. The van der Waals surface area contributed by atoms with Crippen LogP contribution in [0.2, 0.25) is 0 Å². The maximum atomic E-state index is 12.2. The third-order valence-electron chi connectivity index (χ3n) is 5.39. The zero-order chi connectivity index (χ0) is 32.5. The molecular weight excluding hydrogens is 540 g/mol. The van der Waals surface area contributed by atoms with E-state index < -0.39 is 0 Å². The number of carbonyl (C=O) groups is 2. The van der Waals surface area contributed by atoms with E-state index >= 15 is 0 Å². The number of Topliss-reactive ketones (excluding diaryl/α,β-unsaturated/α-hetero) is 2. The largest absolute Gasteiger partial charge is 0.381 e. The average Bonchev–Trinajstić information content (AvgIpc) is 3.57. The van der Waals surface area contributed by atoms with Crippen LogP contribution in [0.15, 0.2) is 48.0 Å². The van der Waals surface area contributed by atoms with Crippen LogP contribution in [0.1, 0.15) is 118 Å². The third kappa shape index (κ3) is 17.2. The lowest BCUT2D eigenvalue weighted by Crippen LogP contribution is -2.02. The number of aromatic amines is 1. The molecule has 5 nitrogen and oxygen atoms in total. The molecule has 0 atom stereocenters. The highest BCUT2D eigenvalue weighted by atomic mass is 32.1. The van der Waals surface area contributed by atoms with E-state index in [4.69, 9.17) is 4.74 Å². The molecule has 1 N–H and O–H groups in total. The van der Waals surface area contributed by atoms with Crippen molar-refractivity contribution in [3.05, 3.63) is 64.3 Å². The highest BCUT2D eigenvalue weighted by Gasteiger charge is 2.17. The fourth-order valence-corrected chi connectivity index (χ4v) is 4.30. The molecule has 0 saturated heterocycles. The summed E-state index contributed by atoms with van der Waals surface area (Å²) in [4.78, 5) is 31.9. The van der Waals surface area contributed by atoms with E-state index in [-0.39, 0.29) is 11.6 Å². The van der Waals surface area contributed by atoms with Gasteiger partial charge in [0.1, 0.15) is 5.01 Å². The van der Waals surface area contributed by atoms with Crippen LogP contribution >= 0.6 is 11.3 Å². The van der Waals surface area contributed by atoms with Crippen LogP contribution in [0, 0.1) is 12.8 Å². The van der Waals surface area contributed by atoms with Gasteiger partial charge in [-0.15, -0.1) is 11.3 Å². The second-order valence-corrected chi connectivity index (χ2v) is 10.9. The summed E-state index contributed by atoms with van der Waals surface area (Å²) < 4.78 is 5.40. The number of aromatic nitrogens is 2. The van der Waals surface area contributed by atoms with Gasteiger partial charge in [0.05, 0.1) is 11.3 Å². The van der Waals surface area contributed by atoms with Crippen LogP contribution in [0.25, 0.3) is 22.9 Å². The smallest absolute Gasteiger partial charge is 0.162 e. The number of allylic oxidation sites excluding steroid dienone is 6. The molecule has 0 fully saturated rings. The molecular formula is C36H58N2O3S. The molecule has 0 aromatic carbocycles. The van der Waals surface area contributed by atoms with Gasteiger partial charge in [0.15, 0.2) is 11.6 Å². The van der Waals surface area contributed by atoms with Crippen LogP contribution < -0.4 is 0 Å². The Labute approximate surface area is 261 Å². The van der Waals surface area contributed by atoms with Gasteiger partial charge in [0, 0.05) is 47.2 Å². The van der Waals surface area contributed by atoms with Crippen LogP contribution in [0.4, 0.5) is 0 Å². The van der Waals surface area contributed by atoms with Gasteiger partial charge in [0.2, 0.25) is 0 Å². The first-order chi connectivity index (χ1) is 20.1. The molecule has 2 aromatic rings. The summed E-state index contributed by atoms with van der Waals surface area (Å²) in [5, 5.41) is 2.54. The first-order valence-electron chi connectivity index (χ1n) is 15.5. The highest BCUT2D eigenvalue weighted by Crippen LogP contribution is 2.31. The lowest BCUT2D eigenvalue weighted by Gasteiger charge is -2.05. The van der Waals surface area contributed by atoms with Gasteiger partial charge in [-0.3, -0.25) is 9.59 Å². The quantitative estimate of drug-likeness (QED) is 0.133. The number of carbonyl (C=O) groups excluding carboxylic acids is 2. The number of aryl methyl sites for hydroxylation is 1. The second kappa shape index (κ2) is 25.8. The van der Waals surface area contributed by atoms with Crippen molar-refractivity contribution in [3.63, 3.8) is 0 Å². The molecule has 42 heavy (non-hydrogen) atoms. The van der Waals surface area contributed by atoms with Crippen molar-refractivity contribution in [2.75, 3.05) is 13.2 Å². The zero-order valence-electron chi connectivity index (χ0n) is 28.4. The number of ether oxygens (including phenoxy) is 1. The van der Waals surface area contributed by atoms with Gasteiger partial charge in [-0.05, 0) is 45.6 Å². The Balaban J connectivity index is 0. The monoisotopic (exact) mass is 598 g/mol. The van der Waals surface area contributed by atoms with Gasteiger partial charge in [-0.1, -0.05) is 106 Å². The molecule has 6 heteroatoms. The first-order valence-corrected chi connectivity index (χ1v) is 16.4. The van der Waals surface area contributed by atoms with Crippen molar-refractivity contribution in [1.82, 2.24) is 9.97 Å². The maximum Gasteiger partial charge on any atom is 0.162 e. The van der Waals surface area contributed by atoms with E-state index in [0.717, 1.165) is 42.1 Å². The molecule has 0 spiro atoms. The Hall–Kier alpha value is -2.83. The third-order valence-corrected chi connectivity index (χ3v) is 6.27. The van der Waals surface area contributed by atoms with Gasteiger partial charge in [-0.2, -0.15) is 0 Å². The van der Waals surface area contributed by atoms with E-state index in [1.165, 1.54) is 50.9 Å². The minimum Gasteiger partial charge on any atom is -0.381 e. The molecule has 0 bridgehead atoms. The minimum atomic E-state index is -0.115. The average molecular weight is 599 g/mol. The Morgan fingerprint density at radius 1 is 1.10 bits per heavy atom. The number of thiazole rings is 1. The summed E-state index contributed by atoms with van der Waals surface area (Å²) in [5.74, 6) is 0.503. The molecule has 0 unspecified atom stereocenters. The summed E-state index contributed by atoms with van der Waals surface area (Å²) in [6, 6.07) is 0. The number of hydrogen-bond acceptors (Lipinski definition) is 5. The van der Waals surface area contributed by atoms with Gasteiger partial charge in [0.25, 0.3) is 0 Å². The summed E-state index contributed by atoms with van der Waals surface area (Å²) >= 11 is 1.40. The van der Waals surface area contributed by atoms with Crippen LogP contribution in [0.5, 0.6) is 0 Å². The lowest BCUT2D eigenvalue weighted by atomic mass is 10.0. The molecule has 0 aliphatic carbocycles. The van der Waals surface area contributed by atoms with E-state index in [1.54, 1.807) is 12.2 Å². The van der Waals surface area contributed by atoms with E-state index in [1.807, 2.05) is 57.5 Å². The van der Waals surface area contributed by atoms with Crippen molar-refractivity contribution in [2.24, 2.45) is 5.92 Å². The fraction of sp³-hybridized carbons (Fsp3) is 0.528. The Morgan fingerprint density at radius 2 is 1.74 bits per heavy atom. The van der Waals surface area contributed by atoms with Gasteiger partial charge < -0.3 is 9.72 Å². The van der Waals surface area contributed by atoms with Gasteiger partial charge in [-0.25, -0.2) is 4.98 Å². The fourth-order valence-electron chi connectivity index (χ4n) is 3.42. The van der Waals surface area contributed by atoms with Crippen molar-refractivity contribution in [2.45, 2.75) is 108 Å². The number of H-pyrrole nitrogens is 1. The molecule has 2 heterocycles. The second-order valence-electron chi connectivity index (χ2n) is 9.99. The van der Waals surface area contributed by atoms with E-state index in [0.29, 0.717) is 22.1 Å². The first kappa shape index (κ1) is 41.3. The van der Waals surface area contributed by atoms with Crippen LogP contribution in [-0.4, -0.2) is 34.7 Å². The summed E-state index contributed by atoms with van der Waals surface area (Å²) in [5.41, 5.74) is 4.81. The summed E-state index contributed by atoms with van der Waals surface area (Å²) in [6.45, 7) is 27.4. The van der Waals surface area contributed by atoms with Crippen molar-refractivity contribution >= 4 is 34.6 Å². The molecule has 0 radical (unpaired) electrons. The van der Waals surface area contributed by atoms with Crippen molar-refractivity contribution in [1.29, 1.82) is 0 Å². The number of ketones is 2. The maximum absolute atomic E-state index is 12.2. The minimum absolute atomic E-state index is 0.0644. The molecule has 0 aliphatic heterocycles. The standard InChI is InChI=1S/C22H24N2O2S.C9H20O.C3H8.C2H6/c1-6-8-10-18-14(3)23-12-20(18)21-13-27-22(24-21)19(16(5)26)11-17(9-7-2)15(4)25;1-4-5-6-7-10-8-9(2)3;1-3-2;1-2/h6,8-13,23H,1,7H2,2-5H3;9H,4-8H2,1-3H3;3H2,1-2H3;1-2H3/b10-8-,17-9+,19-11+;;;. The summed E-state index contributed by atoms with van der Waals surface area (Å²) in [6.07, 6.45) is 16.8. The molecule has 236 valence electrons. The highest BCUT2D eigenvalue weighted by molar-refractivity contribution is 7.11. The Morgan fingerprint density at radius 3 is 2.24 bits per heavy atom. The molecule has 0 aliphatic rings. The van der Waals surface area contributed by atoms with E-state index in [2.05, 4.69) is 51.2 Å². The molecule has 2 rings (SSSR count).